The highest BCUT2D eigenvalue weighted by atomic mass is 16.5. The number of benzene rings is 1. The molecule has 0 radical (unpaired) electrons. The van der Waals surface area contributed by atoms with Gasteiger partial charge in [-0.25, -0.2) is 9.48 Å². The number of phenols is 1. The smallest absolute Gasteiger partial charge is 0.338 e. The van der Waals surface area contributed by atoms with Gasteiger partial charge in [0.1, 0.15) is 18.1 Å². The maximum atomic E-state index is 12.5. The molecule has 1 aromatic heterocycles. The molecule has 2 N–H and O–H groups in total. The Kier molecular flexibility index (Phi) is 4.01. The van der Waals surface area contributed by atoms with Crippen LogP contribution in [-0.2, 0) is 9.53 Å². The molecule has 0 spiro atoms. The molecule has 1 aliphatic heterocycles. The lowest BCUT2D eigenvalue weighted by Gasteiger charge is -2.28. The predicted molar refractivity (Wildman–Crippen MR) is 83.8 cm³/mol. The number of anilines is 1. The SMILES string of the molecule is CCCOC(=O)C1=C(C)Nc2ncnn2[C@@H]1c1cccc(O)c1. The number of nitrogens with one attached hydrogen (secondary N) is 1. The van der Waals surface area contributed by atoms with Gasteiger partial charge in [0, 0.05) is 5.70 Å². The molecule has 0 amide bonds. The highest BCUT2D eigenvalue weighted by Gasteiger charge is 2.34. The van der Waals surface area contributed by atoms with Crippen molar-refractivity contribution in [3.8, 4) is 5.75 Å². The lowest BCUT2D eigenvalue weighted by molar-refractivity contribution is -0.139. The van der Waals surface area contributed by atoms with Gasteiger partial charge in [-0.1, -0.05) is 19.1 Å². The Morgan fingerprint density at radius 3 is 3.04 bits per heavy atom. The average molecular weight is 314 g/mol. The van der Waals surface area contributed by atoms with E-state index in [0.717, 1.165) is 12.0 Å². The van der Waals surface area contributed by atoms with Gasteiger partial charge < -0.3 is 15.2 Å². The van der Waals surface area contributed by atoms with Crippen LogP contribution >= 0.6 is 0 Å². The molecule has 0 aliphatic carbocycles. The molecule has 120 valence electrons. The summed E-state index contributed by atoms with van der Waals surface area (Å²) < 4.78 is 6.93. The molecular formula is C16H18N4O3. The fourth-order valence-corrected chi connectivity index (χ4v) is 2.63. The van der Waals surface area contributed by atoms with Crippen LogP contribution in [0.1, 0.15) is 31.9 Å². The minimum Gasteiger partial charge on any atom is -0.508 e. The number of phenolic OH excluding ortho intramolecular Hbond substituents is 1. The molecule has 7 heteroatoms. The number of ether oxygens (including phenoxy) is 1. The first-order valence-corrected chi connectivity index (χ1v) is 7.45. The highest BCUT2D eigenvalue weighted by molar-refractivity contribution is 5.92. The zero-order valence-electron chi connectivity index (χ0n) is 13.0. The Balaban J connectivity index is 2.09. The summed E-state index contributed by atoms with van der Waals surface area (Å²) in [6.07, 6.45) is 2.17. The predicted octanol–water partition coefficient (Wildman–Crippen LogP) is 2.23. The Hall–Kier alpha value is -2.83. The zero-order valence-corrected chi connectivity index (χ0v) is 13.0. The van der Waals surface area contributed by atoms with Gasteiger partial charge in [0.05, 0.1) is 12.2 Å². The normalized spacial score (nSPS) is 16.7. The first kappa shape index (κ1) is 15.1. The fraction of sp³-hybridized carbons (Fsp3) is 0.312. The lowest BCUT2D eigenvalue weighted by atomic mass is 9.95. The van der Waals surface area contributed by atoms with Crippen molar-refractivity contribution in [1.82, 2.24) is 14.8 Å². The Morgan fingerprint density at radius 2 is 2.30 bits per heavy atom. The van der Waals surface area contributed by atoms with Crippen LogP contribution in [0.3, 0.4) is 0 Å². The van der Waals surface area contributed by atoms with Gasteiger partial charge in [-0.3, -0.25) is 0 Å². The van der Waals surface area contributed by atoms with E-state index in [9.17, 15) is 9.90 Å². The van der Waals surface area contributed by atoms with Gasteiger partial charge in [0.25, 0.3) is 0 Å². The standard InChI is InChI=1S/C16H18N4O3/c1-3-7-23-15(22)13-10(2)19-16-17-9-18-20(16)14(13)11-5-4-6-12(21)8-11/h4-6,8-9,14,21H,3,7H2,1-2H3,(H,17,18,19)/t14-/m1/s1. The molecule has 0 unspecified atom stereocenters. The van der Waals surface area contributed by atoms with Crippen LogP contribution in [0.5, 0.6) is 5.75 Å². The van der Waals surface area contributed by atoms with Gasteiger partial charge in [0.2, 0.25) is 5.95 Å². The van der Waals surface area contributed by atoms with Gasteiger partial charge in [-0.15, -0.1) is 0 Å². The van der Waals surface area contributed by atoms with E-state index in [0.29, 0.717) is 23.8 Å². The second-order valence-electron chi connectivity index (χ2n) is 5.33. The number of hydrogen-bond acceptors (Lipinski definition) is 6. The highest BCUT2D eigenvalue weighted by Crippen LogP contribution is 2.36. The molecule has 1 aromatic carbocycles. The number of aromatic hydroxyl groups is 1. The van der Waals surface area contributed by atoms with E-state index in [1.807, 2.05) is 13.0 Å². The zero-order chi connectivity index (χ0) is 16.4. The summed E-state index contributed by atoms with van der Waals surface area (Å²) >= 11 is 0. The number of nitrogens with zero attached hydrogens (tertiary/aromatic N) is 3. The van der Waals surface area contributed by atoms with Crippen LogP contribution in [0.4, 0.5) is 5.95 Å². The van der Waals surface area contributed by atoms with E-state index >= 15 is 0 Å². The summed E-state index contributed by atoms with van der Waals surface area (Å²) in [4.78, 5) is 16.7. The van der Waals surface area contributed by atoms with Crippen LogP contribution in [0.2, 0.25) is 0 Å². The number of esters is 1. The molecule has 7 nitrogen and oxygen atoms in total. The summed E-state index contributed by atoms with van der Waals surface area (Å²) in [6, 6.07) is 6.26. The van der Waals surface area contributed by atoms with Gasteiger partial charge in [-0.05, 0) is 31.0 Å². The molecule has 0 saturated heterocycles. The third-order valence-corrected chi connectivity index (χ3v) is 3.64. The van der Waals surface area contributed by atoms with Crippen LogP contribution < -0.4 is 5.32 Å². The summed E-state index contributed by atoms with van der Waals surface area (Å²) in [7, 11) is 0. The number of carbonyl (C=O) groups excluding carboxylic acids is 1. The first-order valence-electron chi connectivity index (χ1n) is 7.45. The van der Waals surface area contributed by atoms with Crippen molar-refractivity contribution in [3.63, 3.8) is 0 Å². The Morgan fingerprint density at radius 1 is 1.48 bits per heavy atom. The number of rotatable bonds is 4. The third kappa shape index (κ3) is 2.77. The second kappa shape index (κ2) is 6.12. The van der Waals surface area contributed by atoms with Crippen molar-refractivity contribution in [1.29, 1.82) is 0 Å². The quantitative estimate of drug-likeness (QED) is 0.841. The second-order valence-corrected chi connectivity index (χ2v) is 5.33. The number of hydrogen-bond donors (Lipinski definition) is 2. The van der Waals surface area contributed by atoms with E-state index in [1.165, 1.54) is 6.33 Å². The monoisotopic (exact) mass is 314 g/mol. The minimum absolute atomic E-state index is 0.127. The van der Waals surface area contributed by atoms with Crippen molar-refractivity contribution < 1.29 is 14.6 Å². The van der Waals surface area contributed by atoms with Crippen molar-refractivity contribution in [3.05, 3.63) is 47.4 Å². The molecule has 1 aliphatic rings. The number of aromatic nitrogens is 3. The molecule has 3 rings (SSSR count). The Bertz CT molecular complexity index is 766. The number of fused-ring (bicyclic) bond motifs is 1. The largest absolute Gasteiger partial charge is 0.508 e. The van der Waals surface area contributed by atoms with Crippen molar-refractivity contribution >= 4 is 11.9 Å². The van der Waals surface area contributed by atoms with E-state index in [4.69, 9.17) is 4.74 Å². The van der Waals surface area contributed by atoms with Crippen LogP contribution in [-0.4, -0.2) is 32.4 Å². The molecular weight excluding hydrogens is 296 g/mol. The van der Waals surface area contributed by atoms with Gasteiger partial charge in [0.15, 0.2) is 0 Å². The van der Waals surface area contributed by atoms with Crippen molar-refractivity contribution in [2.75, 3.05) is 11.9 Å². The first-order chi connectivity index (χ1) is 11.1. The summed E-state index contributed by atoms with van der Waals surface area (Å²) in [6.45, 7) is 4.10. The van der Waals surface area contributed by atoms with Crippen LogP contribution in [0.25, 0.3) is 0 Å². The minimum atomic E-state index is -0.495. The molecule has 2 aromatic rings. The van der Waals surface area contributed by atoms with Crippen LogP contribution in [0, 0.1) is 0 Å². The molecule has 23 heavy (non-hydrogen) atoms. The molecule has 2 heterocycles. The van der Waals surface area contributed by atoms with E-state index in [2.05, 4.69) is 15.4 Å². The van der Waals surface area contributed by atoms with Crippen molar-refractivity contribution in [2.24, 2.45) is 0 Å². The van der Waals surface area contributed by atoms with Crippen LogP contribution in [0.15, 0.2) is 41.9 Å². The van der Waals surface area contributed by atoms with Gasteiger partial charge >= 0.3 is 5.97 Å². The molecule has 1 atom stereocenters. The topological polar surface area (TPSA) is 89.3 Å². The molecule has 0 bridgehead atoms. The average Bonchev–Trinajstić information content (AvgIpc) is 2.99. The summed E-state index contributed by atoms with van der Waals surface area (Å²) in [5.41, 5.74) is 1.86. The number of allylic oxidation sites excluding steroid dienone is 1. The maximum Gasteiger partial charge on any atom is 0.338 e. The lowest BCUT2D eigenvalue weighted by Crippen LogP contribution is -2.29. The third-order valence-electron chi connectivity index (χ3n) is 3.64. The maximum absolute atomic E-state index is 12.5. The molecule has 0 saturated carbocycles. The van der Waals surface area contributed by atoms with Gasteiger partial charge in [-0.2, -0.15) is 10.1 Å². The Labute approximate surface area is 133 Å². The van der Waals surface area contributed by atoms with E-state index in [-0.39, 0.29) is 5.75 Å². The summed E-state index contributed by atoms with van der Waals surface area (Å²) in [5, 5.41) is 17.1. The number of carbonyl (C=O) groups is 1. The fourth-order valence-electron chi connectivity index (χ4n) is 2.63. The van der Waals surface area contributed by atoms with E-state index < -0.39 is 12.0 Å². The van der Waals surface area contributed by atoms with E-state index in [1.54, 1.807) is 29.8 Å². The molecule has 0 fully saturated rings. The van der Waals surface area contributed by atoms with Crippen molar-refractivity contribution in [2.45, 2.75) is 26.3 Å². The summed E-state index contributed by atoms with van der Waals surface area (Å²) in [5.74, 6) is 0.274.